The van der Waals surface area contributed by atoms with Gasteiger partial charge in [0.1, 0.15) is 6.04 Å². The van der Waals surface area contributed by atoms with E-state index in [0.29, 0.717) is 6.04 Å². The first kappa shape index (κ1) is 5.25. The summed E-state index contributed by atoms with van der Waals surface area (Å²) >= 11 is 0. The van der Waals surface area contributed by atoms with Gasteiger partial charge in [0.25, 0.3) is 12.6 Å². The van der Waals surface area contributed by atoms with Crippen molar-refractivity contribution in [2.75, 3.05) is 13.6 Å². The first-order valence-electron chi connectivity index (χ1n) is 3.52. The fourth-order valence-electron chi connectivity index (χ4n) is 1.65. The molecule has 48 valence electrons. The fraction of sp³-hybridized carbons (Fsp3) is 0.857. The van der Waals surface area contributed by atoms with Gasteiger partial charge in [0.05, 0.1) is 6.04 Å². The second kappa shape index (κ2) is 1.71. The third-order valence-corrected chi connectivity index (χ3v) is 2.38. The Kier molecular flexibility index (Phi) is 1.000. The average Bonchev–Trinajstić information content (AvgIpc) is 2.19. The van der Waals surface area contributed by atoms with Crippen LogP contribution in [0.2, 0.25) is 0 Å². The van der Waals surface area contributed by atoms with Crippen molar-refractivity contribution in [2.45, 2.75) is 24.9 Å². The van der Waals surface area contributed by atoms with Crippen molar-refractivity contribution in [1.82, 2.24) is 4.90 Å². The Hall–Kier alpha value is -0.550. The maximum absolute atomic E-state index is 4.16. The Morgan fingerprint density at radius 1 is 1.56 bits per heavy atom. The maximum Gasteiger partial charge on any atom is 0.292 e. The summed E-state index contributed by atoms with van der Waals surface area (Å²) in [6, 6.07) is 4.39. The molecular weight excluding hydrogens is 112 g/mol. The number of nitrogens with zero attached hydrogens (tertiary/aromatic N) is 2. The van der Waals surface area contributed by atoms with Crippen molar-refractivity contribution in [2.24, 2.45) is 0 Å². The SMILES string of the molecule is CN1C2C#[N+]CC1CC2. The van der Waals surface area contributed by atoms with Crippen molar-refractivity contribution in [3.05, 3.63) is 4.85 Å². The average molecular weight is 123 g/mol. The minimum absolute atomic E-state index is 0.545. The van der Waals surface area contributed by atoms with E-state index >= 15 is 0 Å². The van der Waals surface area contributed by atoms with Crippen LogP contribution in [0.5, 0.6) is 0 Å². The Bertz CT molecular complexity index is 177. The molecule has 2 aliphatic rings. The minimum atomic E-state index is 0.545. The standard InChI is InChI=1S/C7H11N2/c1-9-6-2-3-7(9)5-8-4-6/h6-7H,2-4H2,1H3/q+1. The topological polar surface area (TPSA) is 7.60 Å². The molecule has 9 heavy (non-hydrogen) atoms. The molecule has 2 rings (SSSR count). The van der Waals surface area contributed by atoms with Crippen molar-refractivity contribution in [3.8, 4) is 6.07 Å². The highest BCUT2D eigenvalue weighted by atomic mass is 15.2. The Morgan fingerprint density at radius 3 is 3.11 bits per heavy atom. The predicted molar refractivity (Wildman–Crippen MR) is 36.7 cm³/mol. The maximum atomic E-state index is 4.16. The molecule has 1 saturated heterocycles. The summed E-state index contributed by atoms with van der Waals surface area (Å²) in [6.07, 6.45) is 2.59. The summed E-state index contributed by atoms with van der Waals surface area (Å²) in [5.41, 5.74) is 0. The number of hydrogen-bond acceptors (Lipinski definition) is 1. The van der Waals surface area contributed by atoms with E-state index in [1.54, 1.807) is 0 Å². The quantitative estimate of drug-likeness (QED) is 0.462. The van der Waals surface area contributed by atoms with Crippen LogP contribution in [0.25, 0.3) is 4.85 Å². The molecule has 1 fully saturated rings. The third kappa shape index (κ3) is 0.650. The van der Waals surface area contributed by atoms with E-state index in [0.717, 1.165) is 12.6 Å². The Morgan fingerprint density at radius 2 is 2.44 bits per heavy atom. The van der Waals surface area contributed by atoms with Crippen LogP contribution in [0.1, 0.15) is 12.8 Å². The highest BCUT2D eigenvalue weighted by Gasteiger charge is 2.37. The van der Waals surface area contributed by atoms with Crippen molar-refractivity contribution >= 4 is 0 Å². The van der Waals surface area contributed by atoms with Crippen molar-refractivity contribution in [1.29, 1.82) is 0 Å². The molecule has 0 amide bonds. The molecule has 0 aromatic carbocycles. The van der Waals surface area contributed by atoms with Crippen LogP contribution in [0.15, 0.2) is 0 Å². The Labute approximate surface area is 55.3 Å². The molecule has 0 N–H and O–H groups in total. The van der Waals surface area contributed by atoms with Crippen molar-refractivity contribution in [3.63, 3.8) is 0 Å². The van der Waals surface area contributed by atoms with Crippen LogP contribution < -0.4 is 0 Å². The van der Waals surface area contributed by atoms with Crippen molar-refractivity contribution < 1.29 is 0 Å². The van der Waals surface area contributed by atoms with E-state index in [1.807, 2.05) is 0 Å². The first-order chi connectivity index (χ1) is 4.38. The molecule has 2 nitrogen and oxygen atoms in total. The van der Waals surface area contributed by atoms with E-state index in [-0.39, 0.29) is 0 Å². The van der Waals surface area contributed by atoms with Gasteiger partial charge in [-0.1, -0.05) is 4.85 Å². The second-order valence-corrected chi connectivity index (χ2v) is 2.88. The first-order valence-corrected chi connectivity index (χ1v) is 3.52. The molecule has 0 radical (unpaired) electrons. The van der Waals surface area contributed by atoms with Gasteiger partial charge in [-0.2, -0.15) is 0 Å². The van der Waals surface area contributed by atoms with E-state index in [9.17, 15) is 0 Å². The van der Waals surface area contributed by atoms with Gasteiger partial charge >= 0.3 is 0 Å². The van der Waals surface area contributed by atoms with Crippen LogP contribution in [0.4, 0.5) is 0 Å². The van der Waals surface area contributed by atoms with Gasteiger partial charge in [0.15, 0.2) is 0 Å². The number of fused-ring (bicyclic) bond motifs is 2. The predicted octanol–water partition coefficient (Wildman–Crippen LogP) is 0.796. The van der Waals surface area contributed by atoms with Crippen LogP contribution >= 0.6 is 0 Å². The van der Waals surface area contributed by atoms with Gasteiger partial charge in [0.2, 0.25) is 0 Å². The zero-order chi connectivity index (χ0) is 6.27. The molecule has 0 aromatic rings. The molecule has 2 aliphatic heterocycles. The molecule has 0 aromatic heterocycles. The molecule has 2 bridgehead atoms. The monoisotopic (exact) mass is 123 g/mol. The Balaban J connectivity index is 2.26. The summed E-state index contributed by atoms with van der Waals surface area (Å²) in [5.74, 6) is 0. The molecule has 2 unspecified atom stereocenters. The molecule has 2 atom stereocenters. The van der Waals surface area contributed by atoms with Crippen LogP contribution in [-0.2, 0) is 0 Å². The molecule has 0 spiro atoms. The highest BCUT2D eigenvalue weighted by Crippen LogP contribution is 2.24. The zero-order valence-corrected chi connectivity index (χ0v) is 5.67. The lowest BCUT2D eigenvalue weighted by molar-refractivity contribution is 0.281. The fourth-order valence-corrected chi connectivity index (χ4v) is 1.65. The lowest BCUT2D eigenvalue weighted by atomic mass is 10.2. The highest BCUT2D eigenvalue weighted by molar-refractivity contribution is 5.11. The molecule has 2 heteroatoms. The van der Waals surface area contributed by atoms with Crippen LogP contribution in [0.3, 0.4) is 0 Å². The summed E-state index contributed by atoms with van der Waals surface area (Å²) in [7, 11) is 2.17. The summed E-state index contributed by atoms with van der Waals surface area (Å²) < 4.78 is 0. The summed E-state index contributed by atoms with van der Waals surface area (Å²) in [6.45, 7) is 0.979. The van der Waals surface area contributed by atoms with Gasteiger partial charge in [-0.25, -0.2) is 0 Å². The summed E-state index contributed by atoms with van der Waals surface area (Å²) in [5, 5.41) is 0. The van der Waals surface area contributed by atoms with E-state index in [2.05, 4.69) is 22.9 Å². The van der Waals surface area contributed by atoms with E-state index in [4.69, 9.17) is 0 Å². The largest absolute Gasteiger partial charge is 0.292 e. The molecule has 0 aliphatic carbocycles. The lowest BCUT2D eigenvalue weighted by Crippen LogP contribution is -2.35. The third-order valence-electron chi connectivity index (χ3n) is 2.38. The van der Waals surface area contributed by atoms with Gasteiger partial charge in [0, 0.05) is 0 Å². The summed E-state index contributed by atoms with van der Waals surface area (Å²) in [4.78, 5) is 6.54. The molecule has 0 saturated carbocycles. The van der Waals surface area contributed by atoms with Gasteiger partial charge in [-0.05, 0) is 19.9 Å². The smallest absolute Gasteiger partial charge is 0.277 e. The zero-order valence-electron chi connectivity index (χ0n) is 5.67. The van der Waals surface area contributed by atoms with Crippen LogP contribution in [0, 0.1) is 6.07 Å². The van der Waals surface area contributed by atoms with Gasteiger partial charge < -0.3 is 0 Å². The molecular formula is C7H11N2+. The van der Waals surface area contributed by atoms with E-state index in [1.165, 1.54) is 12.8 Å². The number of hydrogen-bond donors (Lipinski definition) is 0. The van der Waals surface area contributed by atoms with Gasteiger partial charge in [-0.3, -0.25) is 4.90 Å². The normalized spacial score (nSPS) is 40.1. The number of likely N-dealkylation sites (N-methyl/N-ethyl adjacent to an activating group) is 1. The lowest BCUT2D eigenvalue weighted by Gasteiger charge is -2.16. The van der Waals surface area contributed by atoms with E-state index < -0.39 is 0 Å². The number of rotatable bonds is 0. The molecule has 2 heterocycles. The second-order valence-electron chi connectivity index (χ2n) is 2.88. The van der Waals surface area contributed by atoms with Crippen LogP contribution in [-0.4, -0.2) is 30.6 Å². The van der Waals surface area contributed by atoms with Gasteiger partial charge in [-0.15, -0.1) is 0 Å². The minimum Gasteiger partial charge on any atom is -0.277 e.